The lowest BCUT2D eigenvalue weighted by Gasteiger charge is -2.24. The van der Waals surface area contributed by atoms with Crippen molar-refractivity contribution in [2.45, 2.75) is 43.7 Å². The van der Waals surface area contributed by atoms with Crippen LogP contribution in [0.25, 0.3) is 10.9 Å². The lowest BCUT2D eigenvalue weighted by atomic mass is 10.0. The molecule has 1 heterocycles. The number of allylic oxidation sites excluding steroid dienone is 2. The Morgan fingerprint density at radius 1 is 1.00 bits per heavy atom. The number of pyridine rings is 1. The Morgan fingerprint density at radius 3 is 2.43 bits per heavy atom. The minimum atomic E-state index is -1.23. The zero-order valence-electron chi connectivity index (χ0n) is 24.8. The molecule has 2 fully saturated rings. The number of nitrogens with one attached hydrogen (secondary N) is 2. The molecule has 0 saturated heterocycles. The molecule has 3 aliphatic rings. The number of nitrogens with zero attached hydrogens (tertiary/aromatic N) is 2. The Hall–Kier alpha value is -4.51. The summed E-state index contributed by atoms with van der Waals surface area (Å²) in [6, 6.07) is 8.85. The van der Waals surface area contributed by atoms with Crippen LogP contribution in [-0.4, -0.2) is 61.1 Å². The zero-order valence-corrected chi connectivity index (χ0v) is 24.8. The van der Waals surface area contributed by atoms with Crippen molar-refractivity contribution in [3.8, 4) is 23.0 Å². The number of methoxy groups -OCH3 is 1. The second-order valence-corrected chi connectivity index (χ2v) is 11.8. The summed E-state index contributed by atoms with van der Waals surface area (Å²) in [5, 5.41) is 6.05. The average Bonchev–Trinajstić information content (AvgIpc) is 3.93. The molecule has 0 spiro atoms. The number of amides is 2. The fourth-order valence-corrected chi connectivity index (χ4v) is 5.29. The summed E-state index contributed by atoms with van der Waals surface area (Å²) in [7, 11) is 5.64. The van der Waals surface area contributed by atoms with Gasteiger partial charge in [0.05, 0.1) is 24.2 Å². The summed E-state index contributed by atoms with van der Waals surface area (Å²) in [6.07, 6.45) is 8.97. The highest BCUT2D eigenvalue weighted by Gasteiger charge is 2.56. The summed E-state index contributed by atoms with van der Waals surface area (Å²) in [5.74, 6) is -0.638. The van der Waals surface area contributed by atoms with Gasteiger partial charge >= 0.3 is 0 Å². The predicted molar refractivity (Wildman–Crippen MR) is 161 cm³/mol. The molecule has 2 N–H and O–H groups in total. The molecule has 2 amide bonds. The van der Waals surface area contributed by atoms with E-state index in [1.807, 2.05) is 14.1 Å². The van der Waals surface area contributed by atoms with Gasteiger partial charge < -0.3 is 29.7 Å². The van der Waals surface area contributed by atoms with E-state index in [9.17, 15) is 14.0 Å². The second-order valence-electron chi connectivity index (χ2n) is 11.8. The van der Waals surface area contributed by atoms with Gasteiger partial charge in [-0.3, -0.25) is 14.6 Å². The molecule has 44 heavy (non-hydrogen) atoms. The van der Waals surface area contributed by atoms with Crippen LogP contribution in [0.5, 0.6) is 23.0 Å². The lowest BCUT2D eigenvalue weighted by molar-refractivity contribution is -0.134. The predicted octanol–water partition coefficient (Wildman–Crippen LogP) is 5.66. The smallest absolute Gasteiger partial charge is 0.240 e. The number of ether oxygens (including phenoxy) is 3. The summed E-state index contributed by atoms with van der Waals surface area (Å²) in [6.45, 7) is 0.522. The van der Waals surface area contributed by atoms with E-state index >= 15 is 4.39 Å². The van der Waals surface area contributed by atoms with Crippen molar-refractivity contribution in [1.82, 2.24) is 15.2 Å². The molecule has 0 radical (unpaired) electrons. The Kier molecular flexibility index (Phi) is 7.75. The minimum Gasteiger partial charge on any atom is -0.493 e. The summed E-state index contributed by atoms with van der Waals surface area (Å²) in [5.41, 5.74) is -0.423. The van der Waals surface area contributed by atoms with Crippen molar-refractivity contribution in [3.05, 3.63) is 72.5 Å². The van der Waals surface area contributed by atoms with Crippen LogP contribution in [0, 0.1) is 11.2 Å². The molecule has 9 nitrogen and oxygen atoms in total. The van der Waals surface area contributed by atoms with Crippen LogP contribution >= 0.6 is 0 Å². The lowest BCUT2D eigenvalue weighted by Crippen LogP contribution is -2.44. The second kappa shape index (κ2) is 11.5. The van der Waals surface area contributed by atoms with Crippen molar-refractivity contribution in [3.63, 3.8) is 0 Å². The first-order valence-corrected chi connectivity index (χ1v) is 14.5. The van der Waals surface area contributed by atoms with Gasteiger partial charge in [-0.2, -0.15) is 0 Å². The van der Waals surface area contributed by atoms with Crippen molar-refractivity contribution in [1.29, 1.82) is 0 Å². The molecule has 0 aliphatic heterocycles. The van der Waals surface area contributed by atoms with Crippen LogP contribution in [0.1, 0.15) is 32.1 Å². The number of aromatic nitrogens is 1. The zero-order chi connectivity index (χ0) is 31.1. The molecule has 1 atom stereocenters. The number of carbonyl (C=O) groups excluding carboxylic acids is 2. The first kappa shape index (κ1) is 29.6. The first-order valence-electron chi connectivity index (χ1n) is 14.5. The molecule has 3 aromatic rings. The maximum absolute atomic E-state index is 15.2. The van der Waals surface area contributed by atoms with Crippen LogP contribution in [0.3, 0.4) is 0 Å². The third kappa shape index (κ3) is 5.84. The maximum Gasteiger partial charge on any atom is 0.240 e. The van der Waals surface area contributed by atoms with Crippen LogP contribution in [0.15, 0.2) is 66.6 Å². The standard InChI is InChI=1S/C33H34F2N4O5/c1-39(2)32(11-12-32)19-43-29-18-25-23(17-28(29)42-3)26(10-15-36-25)44-27-9-8-22(16-24(27)35)38-31(41)33(13-14-33)30(40)37-21-6-4-20(34)5-7-21/h4-6,8-10,15-18,21H,7,11-14,19H2,1-3H3,(H,37,40)(H,38,41). The van der Waals surface area contributed by atoms with E-state index in [-0.39, 0.29) is 28.8 Å². The van der Waals surface area contributed by atoms with Gasteiger partial charge in [-0.15, -0.1) is 0 Å². The van der Waals surface area contributed by atoms with E-state index in [4.69, 9.17) is 14.2 Å². The molecule has 1 unspecified atom stereocenters. The van der Waals surface area contributed by atoms with Gasteiger partial charge in [0.15, 0.2) is 23.1 Å². The maximum atomic E-state index is 15.2. The molecule has 230 valence electrons. The third-order valence-corrected chi connectivity index (χ3v) is 8.66. The van der Waals surface area contributed by atoms with Crippen LogP contribution in [-0.2, 0) is 9.59 Å². The number of carbonyl (C=O) groups is 2. The molecular formula is C33H34F2N4O5. The van der Waals surface area contributed by atoms with E-state index in [2.05, 4.69) is 20.5 Å². The largest absolute Gasteiger partial charge is 0.493 e. The number of halogens is 2. The molecule has 3 aliphatic carbocycles. The van der Waals surface area contributed by atoms with Crippen molar-refractivity contribution in [2.75, 3.05) is 33.1 Å². The topological polar surface area (TPSA) is 102 Å². The van der Waals surface area contributed by atoms with Gasteiger partial charge in [0.1, 0.15) is 23.6 Å². The summed E-state index contributed by atoms with van der Waals surface area (Å²) < 4.78 is 46.2. The Labute approximate surface area is 253 Å². The molecular weight excluding hydrogens is 570 g/mol. The molecule has 0 bridgehead atoms. The van der Waals surface area contributed by atoms with Crippen molar-refractivity contribution >= 4 is 28.4 Å². The summed E-state index contributed by atoms with van der Waals surface area (Å²) >= 11 is 0. The van der Waals surface area contributed by atoms with Crippen LogP contribution in [0.4, 0.5) is 14.5 Å². The Balaban J connectivity index is 1.14. The minimum absolute atomic E-state index is 0.0271. The third-order valence-electron chi connectivity index (χ3n) is 8.66. The van der Waals surface area contributed by atoms with Crippen LogP contribution in [0.2, 0.25) is 0 Å². The fraction of sp³-hybridized carbons (Fsp3) is 0.364. The highest BCUT2D eigenvalue weighted by atomic mass is 19.1. The number of likely N-dealkylation sites (N-methyl/N-ethyl adjacent to an activating group) is 1. The number of rotatable bonds is 11. The van der Waals surface area contributed by atoms with Crippen molar-refractivity contribution in [2.24, 2.45) is 5.41 Å². The van der Waals surface area contributed by atoms with Gasteiger partial charge in [-0.25, -0.2) is 8.78 Å². The average molecular weight is 605 g/mol. The van der Waals surface area contributed by atoms with Crippen LogP contribution < -0.4 is 24.8 Å². The van der Waals surface area contributed by atoms with Gasteiger partial charge in [-0.1, -0.05) is 6.08 Å². The van der Waals surface area contributed by atoms with E-state index < -0.39 is 23.0 Å². The molecule has 2 aromatic carbocycles. The Bertz CT molecular complexity index is 1680. The van der Waals surface area contributed by atoms with E-state index in [1.165, 1.54) is 24.3 Å². The fourth-order valence-electron chi connectivity index (χ4n) is 5.29. The number of hydrogen-bond donors (Lipinski definition) is 2. The number of anilines is 1. The van der Waals surface area contributed by atoms with Crippen molar-refractivity contribution < 1.29 is 32.6 Å². The van der Waals surface area contributed by atoms with Gasteiger partial charge in [0.25, 0.3) is 0 Å². The van der Waals surface area contributed by atoms with E-state index in [0.717, 1.165) is 18.9 Å². The molecule has 11 heteroatoms. The normalized spacial score (nSPS) is 19.2. The monoisotopic (exact) mass is 604 g/mol. The van der Waals surface area contributed by atoms with E-state index in [0.29, 0.717) is 54.0 Å². The van der Waals surface area contributed by atoms with E-state index in [1.54, 1.807) is 37.6 Å². The molecule has 1 aromatic heterocycles. The SMILES string of the molecule is COc1cc2c(Oc3ccc(NC(=O)C4(C(=O)NC5C=CC(F)=CC5)CC4)cc3F)ccnc2cc1OCC1(N(C)C)CC1. The van der Waals surface area contributed by atoms with Gasteiger partial charge in [-0.05, 0) is 82.6 Å². The molecule has 2 saturated carbocycles. The number of benzene rings is 2. The highest BCUT2D eigenvalue weighted by Crippen LogP contribution is 2.47. The summed E-state index contributed by atoms with van der Waals surface area (Å²) in [4.78, 5) is 32.5. The number of fused-ring (bicyclic) bond motifs is 1. The molecule has 6 rings (SSSR count). The van der Waals surface area contributed by atoms with Gasteiger partial charge in [0, 0.05) is 29.4 Å². The Morgan fingerprint density at radius 2 is 1.80 bits per heavy atom. The number of hydrogen-bond acceptors (Lipinski definition) is 7. The van der Waals surface area contributed by atoms with Gasteiger partial charge in [0.2, 0.25) is 11.8 Å². The quantitative estimate of drug-likeness (QED) is 0.272. The first-order chi connectivity index (χ1) is 21.1. The highest BCUT2D eigenvalue weighted by molar-refractivity contribution is 6.13.